The van der Waals surface area contributed by atoms with E-state index >= 15 is 0 Å². The van der Waals surface area contributed by atoms with Gasteiger partial charge in [-0.25, -0.2) is 0 Å². The van der Waals surface area contributed by atoms with Crippen molar-refractivity contribution in [3.63, 3.8) is 0 Å². The van der Waals surface area contributed by atoms with Crippen LogP contribution in [-0.2, 0) is 16.0 Å². The Kier molecular flexibility index (Phi) is 8.85. The van der Waals surface area contributed by atoms with E-state index in [0.29, 0.717) is 0 Å². The molecule has 2 aliphatic heterocycles. The highest BCUT2D eigenvalue weighted by atomic mass is 32.2. The van der Waals surface area contributed by atoms with E-state index in [1.54, 1.807) is 22.7 Å². The minimum Gasteiger partial charge on any atom is -0.281 e. The molecule has 0 N–H and O–H groups in total. The summed E-state index contributed by atoms with van der Waals surface area (Å²) < 4.78 is 2.76. The third kappa shape index (κ3) is 5.57. The molecule has 0 amide bonds. The van der Waals surface area contributed by atoms with Gasteiger partial charge < -0.3 is 0 Å². The second-order valence-corrected chi connectivity index (χ2v) is 18.8. The standard InChI is InChI=1S/C37H36O2S6/c1-7-8-9-10-11-12-13-23-16-26(27-17-25-22(6)31-24(15-20(4)41-31)21(5)32(25)42-27)43-33(23)29-35-34(44-37(29)39)28(36(38)45-35)30-18(2)14-19(3)40-30/h14-17H,7-13H2,1-6H3. The van der Waals surface area contributed by atoms with Gasteiger partial charge in [0.25, 0.3) is 0 Å². The molecule has 0 fully saturated rings. The second-order valence-electron chi connectivity index (χ2n) is 12.2. The van der Waals surface area contributed by atoms with E-state index in [4.69, 9.17) is 0 Å². The van der Waals surface area contributed by atoms with E-state index in [2.05, 4.69) is 65.8 Å². The highest BCUT2D eigenvalue weighted by molar-refractivity contribution is 8.25. The third-order valence-corrected chi connectivity index (χ3v) is 16.0. The van der Waals surface area contributed by atoms with Crippen LogP contribution in [0.3, 0.4) is 0 Å². The molecule has 2 nitrogen and oxygen atoms in total. The molecule has 7 rings (SSSR count). The molecule has 5 aromatic rings. The normalized spacial score (nSPS) is 15.2. The van der Waals surface area contributed by atoms with Crippen molar-refractivity contribution in [2.75, 3.05) is 0 Å². The fourth-order valence-electron chi connectivity index (χ4n) is 6.60. The molecule has 4 aromatic heterocycles. The lowest BCUT2D eigenvalue weighted by Crippen LogP contribution is -1.97. The molecule has 232 valence electrons. The van der Waals surface area contributed by atoms with Crippen molar-refractivity contribution in [2.45, 2.75) is 86.5 Å². The summed E-state index contributed by atoms with van der Waals surface area (Å²) in [6, 6.07) is 9.21. The molecule has 0 aliphatic carbocycles. The molecule has 0 spiro atoms. The van der Waals surface area contributed by atoms with Gasteiger partial charge >= 0.3 is 0 Å². The monoisotopic (exact) mass is 704 g/mol. The first-order valence-electron chi connectivity index (χ1n) is 15.7. The van der Waals surface area contributed by atoms with Gasteiger partial charge in [-0.3, -0.25) is 9.59 Å². The topological polar surface area (TPSA) is 34.1 Å². The number of thiophene rings is 4. The zero-order valence-electron chi connectivity index (χ0n) is 26.5. The van der Waals surface area contributed by atoms with Gasteiger partial charge in [0.2, 0.25) is 10.2 Å². The summed E-state index contributed by atoms with van der Waals surface area (Å²) in [6.07, 6.45) is 8.37. The number of carbonyl (C=O) groups is 2. The molecular formula is C37H36O2S6. The van der Waals surface area contributed by atoms with Crippen LogP contribution in [0.4, 0.5) is 0 Å². The van der Waals surface area contributed by atoms with E-state index in [1.165, 1.54) is 112 Å². The van der Waals surface area contributed by atoms with Crippen molar-refractivity contribution in [3.8, 4) is 9.75 Å². The molecule has 1 aromatic carbocycles. The van der Waals surface area contributed by atoms with Crippen LogP contribution in [0.1, 0.15) is 87.2 Å². The van der Waals surface area contributed by atoms with E-state index < -0.39 is 0 Å². The lowest BCUT2D eigenvalue weighted by molar-refractivity contribution is -0.106. The molecule has 8 heteroatoms. The number of unbranched alkanes of at least 4 members (excludes halogenated alkanes) is 5. The highest BCUT2D eigenvalue weighted by Crippen LogP contribution is 2.59. The Morgan fingerprint density at radius 1 is 0.578 bits per heavy atom. The average Bonchev–Trinajstić information content (AvgIpc) is 3.83. The summed E-state index contributed by atoms with van der Waals surface area (Å²) in [6.45, 7) is 13.1. The number of rotatable bonds is 10. The van der Waals surface area contributed by atoms with Crippen molar-refractivity contribution in [1.29, 1.82) is 0 Å². The SMILES string of the molecule is CCCCCCCCc1cc(-c2cc3c(C)c4sc(C)cc4c(C)c3s2)sc1C1=C2SC(=O)C(c3sc(C)cc3C)=C2SC1=O. The minimum atomic E-state index is 0.0716. The summed E-state index contributed by atoms with van der Waals surface area (Å²) >= 11 is 9.72. The Morgan fingerprint density at radius 3 is 1.82 bits per heavy atom. The van der Waals surface area contributed by atoms with Crippen molar-refractivity contribution >= 4 is 110 Å². The molecule has 0 bridgehead atoms. The van der Waals surface area contributed by atoms with Crippen LogP contribution >= 0.6 is 68.9 Å². The fourth-order valence-corrected chi connectivity index (χ4v) is 13.9. The number of fused-ring (bicyclic) bond motifs is 3. The molecular weight excluding hydrogens is 669 g/mol. The number of hydrogen-bond acceptors (Lipinski definition) is 8. The number of aryl methyl sites for hydroxylation is 6. The summed E-state index contributed by atoms with van der Waals surface area (Å²) in [5.74, 6) is 0. The summed E-state index contributed by atoms with van der Waals surface area (Å²) in [5, 5.41) is 2.88. The maximum absolute atomic E-state index is 13.8. The zero-order chi connectivity index (χ0) is 31.6. The molecule has 2 aliphatic rings. The lowest BCUT2D eigenvalue weighted by atomic mass is 10.0. The Balaban J connectivity index is 1.33. The quantitative estimate of drug-likeness (QED) is 0.136. The molecule has 6 heterocycles. The van der Waals surface area contributed by atoms with Gasteiger partial charge in [0.15, 0.2) is 0 Å². The molecule has 0 unspecified atom stereocenters. The predicted octanol–water partition coefficient (Wildman–Crippen LogP) is 13.0. The van der Waals surface area contributed by atoms with Crippen LogP contribution in [0.5, 0.6) is 0 Å². The van der Waals surface area contributed by atoms with Crippen LogP contribution in [0.2, 0.25) is 0 Å². The number of carbonyl (C=O) groups excluding carboxylic acids is 2. The largest absolute Gasteiger partial charge is 0.281 e. The first kappa shape index (κ1) is 31.6. The number of thioether (sulfide) groups is 2. The van der Waals surface area contributed by atoms with Gasteiger partial charge in [0.1, 0.15) is 0 Å². The van der Waals surface area contributed by atoms with Crippen LogP contribution in [0.15, 0.2) is 34.1 Å². The Labute approximate surface area is 290 Å². The first-order valence-corrected chi connectivity index (χ1v) is 20.6. The van der Waals surface area contributed by atoms with Crippen LogP contribution in [0, 0.1) is 34.6 Å². The van der Waals surface area contributed by atoms with Crippen molar-refractivity contribution in [3.05, 3.63) is 75.8 Å². The van der Waals surface area contributed by atoms with Gasteiger partial charge in [-0.05, 0) is 128 Å². The predicted molar refractivity (Wildman–Crippen MR) is 205 cm³/mol. The van der Waals surface area contributed by atoms with Gasteiger partial charge in [-0.15, -0.1) is 45.3 Å². The van der Waals surface area contributed by atoms with E-state index in [1.807, 2.05) is 22.7 Å². The van der Waals surface area contributed by atoms with E-state index in [0.717, 1.165) is 49.1 Å². The number of benzene rings is 1. The maximum atomic E-state index is 13.8. The minimum absolute atomic E-state index is 0.0716. The number of hydrogen-bond donors (Lipinski definition) is 0. The smallest absolute Gasteiger partial charge is 0.226 e. The van der Waals surface area contributed by atoms with Crippen LogP contribution in [-0.4, -0.2) is 10.2 Å². The van der Waals surface area contributed by atoms with Gasteiger partial charge in [0.05, 0.1) is 11.1 Å². The van der Waals surface area contributed by atoms with Crippen LogP contribution in [0.25, 0.3) is 41.1 Å². The van der Waals surface area contributed by atoms with Gasteiger partial charge in [-0.2, -0.15) is 0 Å². The molecule has 0 saturated carbocycles. The fraction of sp³-hybridized carbons (Fsp3) is 0.351. The first-order chi connectivity index (χ1) is 21.7. The van der Waals surface area contributed by atoms with E-state index in [9.17, 15) is 9.59 Å². The highest BCUT2D eigenvalue weighted by Gasteiger charge is 2.42. The molecule has 0 atom stereocenters. The van der Waals surface area contributed by atoms with Crippen molar-refractivity contribution < 1.29 is 9.59 Å². The maximum Gasteiger partial charge on any atom is 0.226 e. The Bertz CT molecular complexity index is 2030. The van der Waals surface area contributed by atoms with Gasteiger partial charge in [0, 0.05) is 48.5 Å². The van der Waals surface area contributed by atoms with Crippen LogP contribution < -0.4 is 0 Å². The van der Waals surface area contributed by atoms with Crippen molar-refractivity contribution in [1.82, 2.24) is 0 Å². The van der Waals surface area contributed by atoms with Gasteiger partial charge in [-0.1, -0.05) is 39.0 Å². The summed E-state index contributed by atoms with van der Waals surface area (Å²) in [4.78, 5) is 36.2. The third-order valence-electron chi connectivity index (χ3n) is 8.88. The van der Waals surface area contributed by atoms with Crippen molar-refractivity contribution in [2.24, 2.45) is 0 Å². The average molecular weight is 705 g/mol. The second kappa shape index (κ2) is 12.6. The van der Waals surface area contributed by atoms with E-state index in [-0.39, 0.29) is 10.2 Å². The summed E-state index contributed by atoms with van der Waals surface area (Å²) in [5.41, 5.74) is 6.60. The molecule has 45 heavy (non-hydrogen) atoms. The molecule has 0 saturated heterocycles. The zero-order valence-corrected chi connectivity index (χ0v) is 31.4. The lowest BCUT2D eigenvalue weighted by Gasteiger charge is -2.05. The Hall–Kier alpha value is -1.94. The summed E-state index contributed by atoms with van der Waals surface area (Å²) in [7, 11) is 0. The molecule has 0 radical (unpaired) electrons. The Morgan fingerprint density at radius 2 is 1.16 bits per heavy atom.